The van der Waals surface area contributed by atoms with Crippen molar-refractivity contribution in [1.82, 2.24) is 0 Å². The number of carbonyl (C=O) groups excluding carboxylic acids is 2. The van der Waals surface area contributed by atoms with E-state index in [1.54, 1.807) is 0 Å². The first-order valence-electron chi connectivity index (χ1n) is 14.1. The minimum Gasteiger partial charge on any atom is -0.456 e. The highest BCUT2D eigenvalue weighted by molar-refractivity contribution is 5.91. The van der Waals surface area contributed by atoms with Gasteiger partial charge in [-0.2, -0.15) is 0 Å². The Bertz CT molecular complexity index is 549. The number of unbranched alkanes of at least 4 members (excludes halogenated alkanes) is 18. The van der Waals surface area contributed by atoms with Gasteiger partial charge in [-0.25, -0.2) is 9.59 Å². The lowest BCUT2D eigenvalue weighted by Gasteiger charge is -2.02. The molecule has 0 spiro atoms. The Morgan fingerprint density at radius 1 is 0.441 bits per heavy atom. The fourth-order valence-electron chi connectivity index (χ4n) is 3.75. The minimum atomic E-state index is -0.594. The van der Waals surface area contributed by atoms with Crippen LogP contribution in [0.15, 0.2) is 0 Å². The second-order valence-corrected chi connectivity index (χ2v) is 9.14. The average molecular weight is 475 g/mol. The smallest absolute Gasteiger partial charge is 0.385 e. The highest BCUT2D eigenvalue weighted by Gasteiger charge is 1.99. The Labute approximate surface area is 210 Å². The SMILES string of the molecule is CCCCCCCCCCCCOC(=O)C#CC#CC(=O)OCCCCCCCCCCCC. The molecule has 0 N–H and O–H groups in total. The first kappa shape index (κ1) is 32.1. The van der Waals surface area contributed by atoms with Crippen molar-refractivity contribution < 1.29 is 19.1 Å². The molecule has 0 atom stereocenters. The molecule has 0 bridgehead atoms. The fourth-order valence-corrected chi connectivity index (χ4v) is 3.75. The maximum absolute atomic E-state index is 11.6. The Morgan fingerprint density at radius 3 is 1.00 bits per heavy atom. The van der Waals surface area contributed by atoms with E-state index < -0.39 is 11.9 Å². The van der Waals surface area contributed by atoms with Crippen molar-refractivity contribution in [3.05, 3.63) is 0 Å². The van der Waals surface area contributed by atoms with Gasteiger partial charge in [0, 0.05) is 11.8 Å². The predicted molar refractivity (Wildman–Crippen MR) is 141 cm³/mol. The van der Waals surface area contributed by atoms with Crippen molar-refractivity contribution >= 4 is 11.9 Å². The lowest BCUT2D eigenvalue weighted by atomic mass is 10.1. The third-order valence-corrected chi connectivity index (χ3v) is 5.85. The van der Waals surface area contributed by atoms with E-state index in [4.69, 9.17) is 9.47 Å². The largest absolute Gasteiger partial charge is 0.456 e. The molecule has 0 aromatic rings. The second kappa shape index (κ2) is 27.3. The van der Waals surface area contributed by atoms with Crippen LogP contribution in [0.2, 0.25) is 0 Å². The molecule has 4 heteroatoms. The summed E-state index contributed by atoms with van der Waals surface area (Å²) < 4.78 is 10.1. The van der Waals surface area contributed by atoms with Crippen LogP contribution in [-0.4, -0.2) is 25.2 Å². The highest BCUT2D eigenvalue weighted by Crippen LogP contribution is 2.11. The Kier molecular flexibility index (Phi) is 25.7. The first-order chi connectivity index (χ1) is 16.7. The van der Waals surface area contributed by atoms with E-state index in [0.29, 0.717) is 13.2 Å². The molecule has 0 amide bonds. The van der Waals surface area contributed by atoms with Crippen LogP contribution in [0.25, 0.3) is 0 Å². The van der Waals surface area contributed by atoms with Gasteiger partial charge in [0.05, 0.1) is 13.2 Å². The van der Waals surface area contributed by atoms with Gasteiger partial charge >= 0.3 is 11.9 Å². The van der Waals surface area contributed by atoms with Crippen LogP contribution in [0.1, 0.15) is 142 Å². The molecule has 34 heavy (non-hydrogen) atoms. The van der Waals surface area contributed by atoms with E-state index >= 15 is 0 Å². The summed E-state index contributed by atoms with van der Waals surface area (Å²) in [5, 5.41) is 0. The summed E-state index contributed by atoms with van der Waals surface area (Å²) in [5.41, 5.74) is 0. The van der Waals surface area contributed by atoms with Gasteiger partial charge in [0.25, 0.3) is 0 Å². The molecule has 0 aromatic heterocycles. The van der Waals surface area contributed by atoms with Gasteiger partial charge in [-0.1, -0.05) is 129 Å². The highest BCUT2D eigenvalue weighted by atomic mass is 16.5. The summed E-state index contributed by atoms with van der Waals surface area (Å²) in [4.78, 5) is 23.1. The number of carbonyl (C=O) groups is 2. The standard InChI is InChI=1S/C30H50O4/c1-3-5-7-9-11-13-15-17-19-23-27-33-29(31)25-21-22-26-30(32)34-28-24-20-18-16-14-12-10-8-6-4-2/h3-20,23-24,27-28H2,1-2H3. The van der Waals surface area contributed by atoms with Gasteiger partial charge < -0.3 is 9.47 Å². The molecule has 0 saturated carbocycles. The van der Waals surface area contributed by atoms with Crippen molar-refractivity contribution in [1.29, 1.82) is 0 Å². The van der Waals surface area contributed by atoms with Gasteiger partial charge in [0.2, 0.25) is 0 Å². The Morgan fingerprint density at radius 2 is 0.706 bits per heavy atom. The molecular weight excluding hydrogens is 424 g/mol. The second-order valence-electron chi connectivity index (χ2n) is 9.14. The number of rotatable bonds is 22. The van der Waals surface area contributed by atoms with Gasteiger partial charge in [0.1, 0.15) is 0 Å². The van der Waals surface area contributed by atoms with Crippen molar-refractivity contribution in [3.8, 4) is 23.7 Å². The Hall–Kier alpha value is -1.94. The quantitative estimate of drug-likeness (QED) is 0.0692. The van der Waals surface area contributed by atoms with E-state index in [-0.39, 0.29) is 0 Å². The zero-order valence-electron chi connectivity index (χ0n) is 22.2. The van der Waals surface area contributed by atoms with Crippen LogP contribution in [0.5, 0.6) is 0 Å². The number of hydrogen-bond acceptors (Lipinski definition) is 4. The maximum atomic E-state index is 11.6. The average Bonchev–Trinajstić information content (AvgIpc) is 2.83. The van der Waals surface area contributed by atoms with Crippen molar-refractivity contribution in [3.63, 3.8) is 0 Å². The zero-order valence-corrected chi connectivity index (χ0v) is 22.2. The molecule has 0 heterocycles. The molecule has 0 radical (unpaired) electrons. The molecule has 0 unspecified atom stereocenters. The summed E-state index contributed by atoms with van der Waals surface area (Å²) in [6, 6.07) is 0. The summed E-state index contributed by atoms with van der Waals surface area (Å²) in [6.07, 6.45) is 24.7. The molecule has 0 aliphatic heterocycles. The number of hydrogen-bond donors (Lipinski definition) is 0. The number of ether oxygens (including phenoxy) is 2. The summed E-state index contributed by atoms with van der Waals surface area (Å²) >= 11 is 0. The predicted octanol–water partition coefficient (Wildman–Crippen LogP) is 7.92. The van der Waals surface area contributed by atoms with E-state index in [1.807, 2.05) is 0 Å². The molecule has 0 fully saturated rings. The summed E-state index contributed by atoms with van der Waals surface area (Å²) in [5.74, 6) is 8.12. The van der Waals surface area contributed by atoms with Gasteiger partial charge in [0.15, 0.2) is 0 Å². The molecule has 0 saturated heterocycles. The van der Waals surface area contributed by atoms with E-state index in [9.17, 15) is 9.59 Å². The summed E-state index contributed by atoms with van der Waals surface area (Å²) in [7, 11) is 0. The van der Waals surface area contributed by atoms with Crippen LogP contribution in [0.3, 0.4) is 0 Å². The molecule has 194 valence electrons. The van der Waals surface area contributed by atoms with Gasteiger partial charge in [-0.15, -0.1) is 0 Å². The lowest BCUT2D eigenvalue weighted by molar-refractivity contribution is -0.137. The van der Waals surface area contributed by atoms with Crippen LogP contribution < -0.4 is 0 Å². The van der Waals surface area contributed by atoms with Crippen LogP contribution in [0, 0.1) is 23.7 Å². The zero-order chi connectivity index (χ0) is 25.0. The van der Waals surface area contributed by atoms with Crippen molar-refractivity contribution in [2.45, 2.75) is 142 Å². The minimum absolute atomic E-state index is 0.387. The van der Waals surface area contributed by atoms with Gasteiger partial charge in [-0.3, -0.25) is 0 Å². The third-order valence-electron chi connectivity index (χ3n) is 5.85. The molecule has 4 nitrogen and oxygen atoms in total. The molecular formula is C30H50O4. The monoisotopic (exact) mass is 474 g/mol. The maximum Gasteiger partial charge on any atom is 0.385 e. The first-order valence-corrected chi connectivity index (χ1v) is 14.1. The third kappa shape index (κ3) is 26.3. The fraction of sp³-hybridized carbons (Fsp3) is 0.800. The van der Waals surface area contributed by atoms with E-state index in [0.717, 1.165) is 25.7 Å². The normalized spacial score (nSPS) is 10.1. The molecule has 0 aliphatic carbocycles. The number of esters is 2. The van der Waals surface area contributed by atoms with E-state index in [2.05, 4.69) is 37.5 Å². The topological polar surface area (TPSA) is 52.6 Å². The van der Waals surface area contributed by atoms with Crippen LogP contribution in [0.4, 0.5) is 0 Å². The lowest BCUT2D eigenvalue weighted by Crippen LogP contribution is -2.03. The van der Waals surface area contributed by atoms with Crippen molar-refractivity contribution in [2.75, 3.05) is 13.2 Å². The van der Waals surface area contributed by atoms with E-state index in [1.165, 1.54) is 103 Å². The molecule has 0 aromatic carbocycles. The van der Waals surface area contributed by atoms with Crippen LogP contribution in [-0.2, 0) is 19.1 Å². The Balaban J connectivity index is 3.53. The van der Waals surface area contributed by atoms with Crippen molar-refractivity contribution in [2.24, 2.45) is 0 Å². The van der Waals surface area contributed by atoms with Gasteiger partial charge in [-0.05, 0) is 24.7 Å². The molecule has 0 aliphatic rings. The molecule has 0 rings (SSSR count). The van der Waals surface area contributed by atoms with Crippen LogP contribution >= 0.6 is 0 Å². The summed E-state index contributed by atoms with van der Waals surface area (Å²) in [6.45, 7) is 5.25.